The third-order valence-corrected chi connectivity index (χ3v) is 3.31. The number of ether oxygens (including phenoxy) is 2. The molecule has 0 bridgehead atoms. The first-order chi connectivity index (χ1) is 9.33. The molecule has 0 aliphatic heterocycles. The van der Waals surface area contributed by atoms with Crippen LogP contribution in [-0.2, 0) is 14.3 Å². The number of nitrogens with zero attached hydrogens (tertiary/aromatic N) is 1. The van der Waals surface area contributed by atoms with Crippen LogP contribution in [0, 0.1) is 5.92 Å². The first-order valence-electron chi connectivity index (χ1n) is 7.42. The number of carbonyl (C=O) groups is 1. The fraction of sp³-hybridized carbons (Fsp3) is 0.933. The molecular weight excluding hydrogens is 256 g/mol. The third-order valence-electron chi connectivity index (χ3n) is 3.31. The van der Waals surface area contributed by atoms with Crippen LogP contribution in [0.1, 0.15) is 40.0 Å². The molecule has 0 aromatic heterocycles. The molecule has 0 fully saturated rings. The lowest BCUT2D eigenvalue weighted by molar-refractivity contribution is -0.146. The molecule has 0 radical (unpaired) electrons. The fourth-order valence-corrected chi connectivity index (χ4v) is 2.19. The summed E-state index contributed by atoms with van der Waals surface area (Å²) in [6.07, 6.45) is 2.60. The Hall–Kier alpha value is -0.650. The van der Waals surface area contributed by atoms with Crippen molar-refractivity contribution in [2.45, 2.75) is 45.6 Å². The van der Waals surface area contributed by atoms with Gasteiger partial charge in [0.25, 0.3) is 0 Å². The molecule has 1 atom stereocenters. The average Bonchev–Trinajstić information content (AvgIpc) is 2.38. The van der Waals surface area contributed by atoms with Crippen LogP contribution in [0.25, 0.3) is 0 Å². The minimum Gasteiger partial charge on any atom is -0.468 e. The standard InChI is InChI=1S/C15H32N2O3/c1-13(2)12-17(10-11-19-4)9-7-6-8-15(3,16)14(18)20-5/h13H,6-12,16H2,1-5H3. The molecular formula is C15H32N2O3. The van der Waals surface area contributed by atoms with Crippen LogP contribution in [-0.4, -0.2) is 56.9 Å². The highest BCUT2D eigenvalue weighted by atomic mass is 16.5. The molecule has 0 spiro atoms. The lowest BCUT2D eigenvalue weighted by atomic mass is 9.96. The second kappa shape index (κ2) is 10.1. The molecule has 0 aromatic rings. The molecule has 120 valence electrons. The molecule has 5 heteroatoms. The van der Waals surface area contributed by atoms with Gasteiger partial charge in [-0.2, -0.15) is 0 Å². The lowest BCUT2D eigenvalue weighted by Crippen LogP contribution is -2.45. The fourth-order valence-electron chi connectivity index (χ4n) is 2.19. The van der Waals surface area contributed by atoms with E-state index in [-0.39, 0.29) is 5.97 Å². The van der Waals surface area contributed by atoms with Crippen LogP contribution in [0.2, 0.25) is 0 Å². The van der Waals surface area contributed by atoms with Gasteiger partial charge in [0, 0.05) is 20.2 Å². The van der Waals surface area contributed by atoms with Crippen molar-refractivity contribution in [2.75, 3.05) is 40.5 Å². The molecule has 0 saturated heterocycles. The van der Waals surface area contributed by atoms with E-state index in [1.54, 1.807) is 14.0 Å². The average molecular weight is 288 g/mol. The highest BCUT2D eigenvalue weighted by molar-refractivity contribution is 5.79. The Bertz CT molecular complexity index is 268. The molecule has 5 nitrogen and oxygen atoms in total. The van der Waals surface area contributed by atoms with Gasteiger partial charge >= 0.3 is 5.97 Å². The first-order valence-corrected chi connectivity index (χ1v) is 7.42. The van der Waals surface area contributed by atoms with Crippen molar-refractivity contribution >= 4 is 5.97 Å². The second-order valence-corrected chi connectivity index (χ2v) is 6.05. The van der Waals surface area contributed by atoms with Crippen LogP contribution in [0.15, 0.2) is 0 Å². The van der Waals surface area contributed by atoms with E-state index in [0.717, 1.165) is 39.1 Å². The van der Waals surface area contributed by atoms with Crippen molar-refractivity contribution in [3.05, 3.63) is 0 Å². The largest absolute Gasteiger partial charge is 0.468 e. The van der Waals surface area contributed by atoms with Gasteiger partial charge in [-0.15, -0.1) is 0 Å². The SMILES string of the molecule is COCCN(CCCCC(C)(N)C(=O)OC)CC(C)C. The van der Waals surface area contributed by atoms with Crippen molar-refractivity contribution in [3.8, 4) is 0 Å². The van der Waals surface area contributed by atoms with Gasteiger partial charge in [0.15, 0.2) is 0 Å². The van der Waals surface area contributed by atoms with E-state index < -0.39 is 5.54 Å². The smallest absolute Gasteiger partial charge is 0.325 e. The number of rotatable bonds is 11. The second-order valence-electron chi connectivity index (χ2n) is 6.05. The van der Waals surface area contributed by atoms with E-state index in [1.165, 1.54) is 7.11 Å². The van der Waals surface area contributed by atoms with Gasteiger partial charge in [-0.1, -0.05) is 13.8 Å². The summed E-state index contributed by atoms with van der Waals surface area (Å²) in [5.74, 6) is 0.303. The number of carbonyl (C=O) groups excluding carboxylic acids is 1. The predicted octanol–water partition coefficient (Wildman–Crippen LogP) is 1.65. The van der Waals surface area contributed by atoms with E-state index in [9.17, 15) is 4.79 Å². The molecule has 0 saturated carbocycles. The zero-order valence-electron chi connectivity index (χ0n) is 13.8. The Morgan fingerprint density at radius 1 is 1.25 bits per heavy atom. The molecule has 0 aromatic carbocycles. The normalized spacial score (nSPS) is 14.6. The maximum absolute atomic E-state index is 11.5. The highest BCUT2D eigenvalue weighted by Crippen LogP contribution is 2.13. The summed E-state index contributed by atoms with van der Waals surface area (Å²) in [7, 11) is 3.10. The molecule has 20 heavy (non-hydrogen) atoms. The van der Waals surface area contributed by atoms with E-state index in [4.69, 9.17) is 15.2 Å². The van der Waals surface area contributed by atoms with E-state index in [0.29, 0.717) is 12.3 Å². The number of methoxy groups -OCH3 is 2. The Balaban J connectivity index is 4.01. The van der Waals surface area contributed by atoms with Crippen molar-refractivity contribution in [1.82, 2.24) is 4.90 Å². The van der Waals surface area contributed by atoms with Crippen LogP contribution < -0.4 is 5.73 Å². The molecule has 0 aliphatic rings. The quantitative estimate of drug-likeness (QED) is 0.462. The minimum absolute atomic E-state index is 0.337. The van der Waals surface area contributed by atoms with Gasteiger partial charge in [0.1, 0.15) is 5.54 Å². The zero-order chi connectivity index (χ0) is 15.6. The summed E-state index contributed by atoms with van der Waals surface area (Å²) in [6.45, 7) is 9.95. The summed E-state index contributed by atoms with van der Waals surface area (Å²) >= 11 is 0. The van der Waals surface area contributed by atoms with Gasteiger partial charge in [0.05, 0.1) is 13.7 Å². The Morgan fingerprint density at radius 3 is 2.40 bits per heavy atom. The van der Waals surface area contributed by atoms with E-state index >= 15 is 0 Å². The first kappa shape index (κ1) is 19.4. The molecule has 0 rings (SSSR count). The molecule has 0 aliphatic carbocycles. The number of esters is 1. The molecule has 0 amide bonds. The van der Waals surface area contributed by atoms with Gasteiger partial charge in [0.2, 0.25) is 0 Å². The van der Waals surface area contributed by atoms with Crippen molar-refractivity contribution in [2.24, 2.45) is 11.7 Å². The van der Waals surface area contributed by atoms with E-state index in [2.05, 4.69) is 18.7 Å². The molecule has 0 heterocycles. The van der Waals surface area contributed by atoms with Crippen LogP contribution in [0.5, 0.6) is 0 Å². The van der Waals surface area contributed by atoms with E-state index in [1.807, 2.05) is 0 Å². The van der Waals surface area contributed by atoms with Crippen molar-refractivity contribution in [3.63, 3.8) is 0 Å². The highest BCUT2D eigenvalue weighted by Gasteiger charge is 2.28. The number of unbranched alkanes of at least 4 members (excludes halogenated alkanes) is 1. The molecule has 1 unspecified atom stereocenters. The van der Waals surface area contributed by atoms with Crippen molar-refractivity contribution < 1.29 is 14.3 Å². The third kappa shape index (κ3) is 8.51. The lowest BCUT2D eigenvalue weighted by Gasteiger charge is -2.25. The minimum atomic E-state index is -0.871. The zero-order valence-corrected chi connectivity index (χ0v) is 13.8. The molecule has 2 N–H and O–H groups in total. The summed E-state index contributed by atoms with van der Waals surface area (Å²) in [5, 5.41) is 0. The monoisotopic (exact) mass is 288 g/mol. The maximum atomic E-state index is 11.5. The van der Waals surface area contributed by atoms with Crippen LogP contribution in [0.4, 0.5) is 0 Å². The Labute approximate surface area is 123 Å². The van der Waals surface area contributed by atoms with Gasteiger partial charge < -0.3 is 20.1 Å². The van der Waals surface area contributed by atoms with Crippen LogP contribution >= 0.6 is 0 Å². The number of nitrogens with two attached hydrogens (primary N) is 1. The maximum Gasteiger partial charge on any atom is 0.325 e. The summed E-state index contributed by atoms with van der Waals surface area (Å²) in [4.78, 5) is 13.9. The number of hydrogen-bond donors (Lipinski definition) is 1. The van der Waals surface area contributed by atoms with Gasteiger partial charge in [-0.3, -0.25) is 4.79 Å². The van der Waals surface area contributed by atoms with Gasteiger partial charge in [-0.25, -0.2) is 0 Å². The van der Waals surface area contributed by atoms with Crippen LogP contribution in [0.3, 0.4) is 0 Å². The van der Waals surface area contributed by atoms with Gasteiger partial charge in [-0.05, 0) is 38.6 Å². The predicted molar refractivity (Wildman–Crippen MR) is 81.6 cm³/mol. The Kier molecular flexibility index (Phi) is 9.80. The topological polar surface area (TPSA) is 64.8 Å². The summed E-state index contributed by atoms with van der Waals surface area (Å²) in [5.41, 5.74) is 5.07. The number of hydrogen-bond acceptors (Lipinski definition) is 5. The Morgan fingerprint density at radius 2 is 1.90 bits per heavy atom. The summed E-state index contributed by atoms with van der Waals surface area (Å²) in [6, 6.07) is 0. The summed E-state index contributed by atoms with van der Waals surface area (Å²) < 4.78 is 9.85. The van der Waals surface area contributed by atoms with Crippen molar-refractivity contribution in [1.29, 1.82) is 0 Å².